The molecule has 19 heavy (non-hydrogen) atoms. The predicted octanol–water partition coefficient (Wildman–Crippen LogP) is 4.00. The molecule has 0 aliphatic carbocycles. The predicted molar refractivity (Wildman–Crippen MR) is 79.8 cm³/mol. The van der Waals surface area contributed by atoms with Gasteiger partial charge in [0.25, 0.3) is 0 Å². The summed E-state index contributed by atoms with van der Waals surface area (Å²) in [4.78, 5) is 24.2. The van der Waals surface area contributed by atoms with Crippen LogP contribution in [-0.4, -0.2) is 23.5 Å². The Morgan fingerprint density at radius 3 is 2.58 bits per heavy atom. The Bertz CT molecular complexity index is 465. The van der Waals surface area contributed by atoms with E-state index < -0.39 is 11.7 Å². The molecule has 0 aromatic carbocycles. The third-order valence-corrected chi connectivity index (χ3v) is 3.83. The fraction of sp³-hybridized carbons (Fsp3) is 0.538. The molecule has 106 valence electrons. The fourth-order valence-electron chi connectivity index (χ4n) is 1.40. The molecule has 1 atom stereocenters. The van der Waals surface area contributed by atoms with Crippen LogP contribution in [0.5, 0.6) is 0 Å². The zero-order valence-corrected chi connectivity index (χ0v) is 13.9. The van der Waals surface area contributed by atoms with Gasteiger partial charge in [0.05, 0.1) is 4.88 Å². The number of nitrogens with one attached hydrogen (secondary N) is 1. The number of carbonyl (C=O) groups excluding carboxylic acids is 2. The second-order valence-electron chi connectivity index (χ2n) is 5.30. The van der Waals surface area contributed by atoms with E-state index in [-0.39, 0.29) is 18.2 Å². The zero-order valence-electron chi connectivity index (χ0n) is 11.5. The molecular weight excluding hydrogens is 330 g/mol. The molecule has 1 aromatic heterocycles. The number of amides is 1. The second kappa shape index (κ2) is 6.52. The van der Waals surface area contributed by atoms with Crippen molar-refractivity contribution in [2.24, 2.45) is 0 Å². The number of halogens is 1. The van der Waals surface area contributed by atoms with Crippen LogP contribution in [0.4, 0.5) is 4.79 Å². The highest BCUT2D eigenvalue weighted by Crippen LogP contribution is 2.21. The van der Waals surface area contributed by atoms with Crippen LogP contribution in [0.1, 0.15) is 43.8 Å². The van der Waals surface area contributed by atoms with Gasteiger partial charge in [-0.2, -0.15) is 0 Å². The molecule has 0 aliphatic heterocycles. The van der Waals surface area contributed by atoms with Gasteiger partial charge < -0.3 is 10.1 Å². The molecule has 0 saturated carbocycles. The molecule has 0 spiro atoms. The van der Waals surface area contributed by atoms with E-state index in [1.807, 2.05) is 5.38 Å². The average molecular weight is 348 g/mol. The quantitative estimate of drug-likeness (QED) is 0.837. The van der Waals surface area contributed by atoms with Crippen LogP contribution >= 0.6 is 27.3 Å². The molecule has 0 bridgehead atoms. The Hall–Kier alpha value is -0.880. The highest BCUT2D eigenvalue weighted by atomic mass is 79.9. The minimum atomic E-state index is -0.535. The first-order valence-corrected chi connectivity index (χ1v) is 7.61. The van der Waals surface area contributed by atoms with Crippen LogP contribution in [0.25, 0.3) is 0 Å². The summed E-state index contributed by atoms with van der Waals surface area (Å²) in [5.41, 5.74) is -0.535. The van der Waals surface area contributed by atoms with Crippen LogP contribution < -0.4 is 5.32 Å². The van der Waals surface area contributed by atoms with Crippen molar-refractivity contribution in [2.45, 2.75) is 45.8 Å². The lowest BCUT2D eigenvalue weighted by Gasteiger charge is -2.21. The van der Waals surface area contributed by atoms with Crippen LogP contribution in [0.2, 0.25) is 0 Å². The number of alkyl carbamates (subject to hydrolysis) is 1. The Balaban J connectivity index is 2.45. The van der Waals surface area contributed by atoms with Gasteiger partial charge in [-0.25, -0.2) is 4.79 Å². The van der Waals surface area contributed by atoms with Gasteiger partial charge >= 0.3 is 6.09 Å². The van der Waals surface area contributed by atoms with Gasteiger partial charge in [-0.15, -0.1) is 11.3 Å². The van der Waals surface area contributed by atoms with E-state index in [1.165, 1.54) is 11.3 Å². The number of carbonyl (C=O) groups is 2. The maximum absolute atomic E-state index is 11.9. The number of hydrogen-bond donors (Lipinski definition) is 1. The Labute approximate surface area is 125 Å². The summed E-state index contributed by atoms with van der Waals surface area (Å²) >= 11 is 4.70. The van der Waals surface area contributed by atoms with Crippen molar-refractivity contribution in [1.82, 2.24) is 5.32 Å². The molecule has 0 aliphatic rings. The van der Waals surface area contributed by atoms with Crippen molar-refractivity contribution in [3.63, 3.8) is 0 Å². The van der Waals surface area contributed by atoms with Gasteiger partial charge in [0.15, 0.2) is 5.78 Å². The number of rotatable bonds is 4. The summed E-state index contributed by atoms with van der Waals surface area (Å²) in [5, 5.41) is 4.52. The SMILES string of the molecule is CC(CC(=O)c1cc(Br)cs1)NC(=O)OC(C)(C)C. The zero-order chi connectivity index (χ0) is 14.6. The molecule has 1 heterocycles. The number of Topliss-reactive ketones (excluding diaryl/α,β-unsaturated/α-hetero) is 1. The normalized spacial score (nSPS) is 12.9. The smallest absolute Gasteiger partial charge is 0.407 e. The Morgan fingerprint density at radius 2 is 2.11 bits per heavy atom. The second-order valence-corrected chi connectivity index (χ2v) is 7.13. The van der Waals surface area contributed by atoms with Gasteiger partial charge in [0, 0.05) is 22.3 Å². The van der Waals surface area contributed by atoms with E-state index in [0.717, 1.165) is 4.47 Å². The van der Waals surface area contributed by atoms with Gasteiger partial charge in [-0.05, 0) is 49.7 Å². The molecule has 0 radical (unpaired) electrons. The molecule has 1 amide bonds. The van der Waals surface area contributed by atoms with Crippen LogP contribution in [0.3, 0.4) is 0 Å². The molecule has 0 saturated heterocycles. The lowest BCUT2D eigenvalue weighted by molar-refractivity contribution is 0.0506. The molecule has 1 unspecified atom stereocenters. The van der Waals surface area contributed by atoms with Crippen molar-refractivity contribution in [3.05, 3.63) is 20.8 Å². The lowest BCUT2D eigenvalue weighted by Crippen LogP contribution is -2.38. The lowest BCUT2D eigenvalue weighted by atomic mass is 10.1. The van der Waals surface area contributed by atoms with Crippen molar-refractivity contribution in [2.75, 3.05) is 0 Å². The van der Waals surface area contributed by atoms with E-state index >= 15 is 0 Å². The average Bonchev–Trinajstić information content (AvgIpc) is 2.61. The van der Waals surface area contributed by atoms with E-state index in [1.54, 1.807) is 33.8 Å². The van der Waals surface area contributed by atoms with Crippen molar-refractivity contribution < 1.29 is 14.3 Å². The summed E-state index contributed by atoms with van der Waals surface area (Å²) in [7, 11) is 0. The number of thiophene rings is 1. The molecule has 1 rings (SSSR count). The summed E-state index contributed by atoms with van der Waals surface area (Å²) in [6.07, 6.45) is -0.244. The minimum absolute atomic E-state index is 0.0132. The van der Waals surface area contributed by atoms with Gasteiger partial charge in [0.2, 0.25) is 0 Å². The first-order valence-electron chi connectivity index (χ1n) is 5.94. The van der Waals surface area contributed by atoms with Crippen LogP contribution in [0, 0.1) is 0 Å². The fourth-order valence-corrected chi connectivity index (χ4v) is 2.78. The minimum Gasteiger partial charge on any atom is -0.444 e. The molecule has 0 fully saturated rings. The largest absolute Gasteiger partial charge is 0.444 e. The van der Waals surface area contributed by atoms with E-state index in [2.05, 4.69) is 21.2 Å². The van der Waals surface area contributed by atoms with Crippen molar-refractivity contribution >= 4 is 39.1 Å². The summed E-state index contributed by atoms with van der Waals surface area (Å²) in [6.45, 7) is 7.17. The third kappa shape index (κ3) is 6.20. The number of ketones is 1. The first kappa shape index (κ1) is 16.2. The van der Waals surface area contributed by atoms with E-state index in [0.29, 0.717) is 4.88 Å². The summed E-state index contributed by atoms with van der Waals surface area (Å²) in [5.74, 6) is 0.0132. The van der Waals surface area contributed by atoms with Crippen molar-refractivity contribution in [1.29, 1.82) is 0 Å². The molecule has 4 nitrogen and oxygen atoms in total. The standard InChI is InChI=1S/C13H18BrNO3S/c1-8(15-12(17)18-13(2,3)4)5-10(16)11-6-9(14)7-19-11/h6-8H,5H2,1-4H3,(H,15,17). The van der Waals surface area contributed by atoms with Crippen LogP contribution in [0.15, 0.2) is 15.9 Å². The van der Waals surface area contributed by atoms with Crippen molar-refractivity contribution in [3.8, 4) is 0 Å². The van der Waals surface area contributed by atoms with Gasteiger partial charge in [-0.3, -0.25) is 4.79 Å². The van der Waals surface area contributed by atoms with Gasteiger partial charge in [-0.1, -0.05) is 0 Å². The molecule has 6 heteroatoms. The first-order chi connectivity index (χ1) is 8.67. The summed E-state index contributed by atoms with van der Waals surface area (Å²) < 4.78 is 6.03. The number of ether oxygens (including phenoxy) is 1. The summed E-state index contributed by atoms with van der Waals surface area (Å²) in [6, 6.07) is 1.52. The van der Waals surface area contributed by atoms with E-state index in [9.17, 15) is 9.59 Å². The molecule has 1 aromatic rings. The molecule has 1 N–H and O–H groups in total. The topological polar surface area (TPSA) is 55.4 Å². The van der Waals surface area contributed by atoms with Gasteiger partial charge in [0.1, 0.15) is 5.60 Å². The third-order valence-electron chi connectivity index (χ3n) is 2.10. The highest BCUT2D eigenvalue weighted by Gasteiger charge is 2.19. The number of hydrogen-bond acceptors (Lipinski definition) is 4. The molecular formula is C13H18BrNO3S. The van der Waals surface area contributed by atoms with E-state index in [4.69, 9.17) is 4.74 Å². The monoisotopic (exact) mass is 347 g/mol. The Kier molecular flexibility index (Phi) is 5.55. The Morgan fingerprint density at radius 1 is 1.47 bits per heavy atom. The maximum atomic E-state index is 11.9. The maximum Gasteiger partial charge on any atom is 0.407 e. The van der Waals surface area contributed by atoms with Crippen LogP contribution in [-0.2, 0) is 4.74 Å². The highest BCUT2D eigenvalue weighted by molar-refractivity contribution is 9.10.